The summed E-state index contributed by atoms with van der Waals surface area (Å²) in [4.78, 5) is 11.5. The van der Waals surface area contributed by atoms with Crippen LogP contribution in [0.1, 0.15) is 0 Å². The number of para-hydroxylation sites is 1. The summed E-state index contributed by atoms with van der Waals surface area (Å²) >= 11 is 5.50. The maximum Gasteiger partial charge on any atom is 0.417 e. The van der Waals surface area contributed by atoms with Crippen LogP contribution in [0, 0.1) is 11.6 Å². The van der Waals surface area contributed by atoms with Gasteiger partial charge in [0.1, 0.15) is 17.3 Å². The summed E-state index contributed by atoms with van der Waals surface area (Å²) in [6.45, 7) is 0. The summed E-state index contributed by atoms with van der Waals surface area (Å²) in [5, 5.41) is 1.68. The van der Waals surface area contributed by atoms with Gasteiger partial charge in [-0.25, -0.2) is 13.6 Å². The van der Waals surface area contributed by atoms with E-state index in [2.05, 4.69) is 0 Å². The van der Waals surface area contributed by atoms with Crippen LogP contribution in [0.2, 0.25) is 5.02 Å². The monoisotopic (exact) mass is 283 g/mol. The lowest BCUT2D eigenvalue weighted by Crippen LogP contribution is -2.18. The Morgan fingerprint density at radius 1 is 1.11 bits per heavy atom. The van der Waals surface area contributed by atoms with Gasteiger partial charge in [-0.15, -0.1) is 0 Å². The Kier molecular flexibility index (Phi) is 3.97. The van der Waals surface area contributed by atoms with Crippen LogP contribution in [-0.4, -0.2) is 6.09 Å². The number of benzene rings is 2. The Morgan fingerprint density at radius 3 is 2.47 bits per heavy atom. The number of carbonyl (C=O) groups is 1. The predicted octanol–water partition coefficient (Wildman–Crippen LogP) is 4.23. The molecule has 2 aromatic rings. The van der Waals surface area contributed by atoms with Crippen molar-refractivity contribution in [1.82, 2.24) is 0 Å². The third-order valence-corrected chi connectivity index (χ3v) is 2.52. The van der Waals surface area contributed by atoms with Gasteiger partial charge < -0.3 is 4.74 Å². The van der Waals surface area contributed by atoms with Gasteiger partial charge in [0.15, 0.2) is 5.82 Å². The molecule has 0 aliphatic carbocycles. The SMILES string of the molecule is O=C(Nc1c(F)ccc(Cl)c1F)Oc1ccccc1. The lowest BCUT2D eigenvalue weighted by molar-refractivity contribution is 0.215. The molecule has 0 saturated heterocycles. The normalized spacial score (nSPS) is 10.1. The maximum absolute atomic E-state index is 13.5. The summed E-state index contributed by atoms with van der Waals surface area (Å²) in [6, 6.07) is 10.1. The highest BCUT2D eigenvalue weighted by molar-refractivity contribution is 6.31. The zero-order chi connectivity index (χ0) is 13.8. The highest BCUT2D eigenvalue weighted by Gasteiger charge is 2.16. The van der Waals surface area contributed by atoms with Crippen LogP contribution < -0.4 is 10.1 Å². The van der Waals surface area contributed by atoms with Gasteiger partial charge in [0.2, 0.25) is 0 Å². The maximum atomic E-state index is 13.5. The molecule has 2 rings (SSSR count). The summed E-state index contributed by atoms with van der Waals surface area (Å²) < 4.78 is 31.7. The van der Waals surface area contributed by atoms with E-state index in [1.165, 1.54) is 12.1 Å². The lowest BCUT2D eigenvalue weighted by Gasteiger charge is -2.09. The first-order valence-electron chi connectivity index (χ1n) is 5.25. The van der Waals surface area contributed by atoms with Gasteiger partial charge in [-0.2, -0.15) is 0 Å². The van der Waals surface area contributed by atoms with E-state index in [-0.39, 0.29) is 10.8 Å². The molecule has 0 aromatic heterocycles. The van der Waals surface area contributed by atoms with Crippen molar-refractivity contribution >= 4 is 23.4 Å². The number of carbonyl (C=O) groups excluding carboxylic acids is 1. The standard InChI is InChI=1S/C13H8ClF2NO2/c14-9-6-7-10(15)12(11(9)16)17-13(18)19-8-4-2-1-3-5-8/h1-7H,(H,17,18). The van der Waals surface area contributed by atoms with Crippen LogP contribution in [0.15, 0.2) is 42.5 Å². The molecule has 0 aliphatic heterocycles. The summed E-state index contributed by atoms with van der Waals surface area (Å²) in [5.74, 6) is -1.73. The molecule has 6 heteroatoms. The Labute approximate surface area is 112 Å². The molecular weight excluding hydrogens is 276 g/mol. The van der Waals surface area contributed by atoms with Crippen LogP contribution in [0.4, 0.5) is 19.3 Å². The average Bonchev–Trinajstić information content (AvgIpc) is 2.40. The molecule has 19 heavy (non-hydrogen) atoms. The van der Waals surface area contributed by atoms with E-state index >= 15 is 0 Å². The fraction of sp³-hybridized carbons (Fsp3) is 0. The molecule has 1 N–H and O–H groups in total. The van der Waals surface area contributed by atoms with Crippen molar-refractivity contribution in [3.8, 4) is 5.75 Å². The number of hydrogen-bond acceptors (Lipinski definition) is 2. The molecule has 98 valence electrons. The van der Waals surface area contributed by atoms with E-state index in [1.54, 1.807) is 18.2 Å². The Bertz CT molecular complexity index is 605. The van der Waals surface area contributed by atoms with E-state index in [0.29, 0.717) is 0 Å². The van der Waals surface area contributed by atoms with Gasteiger partial charge in [0.25, 0.3) is 0 Å². The first kappa shape index (κ1) is 13.3. The van der Waals surface area contributed by atoms with E-state index < -0.39 is 23.4 Å². The Morgan fingerprint density at radius 2 is 1.79 bits per heavy atom. The molecule has 0 spiro atoms. The number of ether oxygens (including phenoxy) is 1. The molecule has 2 aromatic carbocycles. The van der Waals surface area contributed by atoms with Crippen LogP contribution in [0.5, 0.6) is 5.75 Å². The van der Waals surface area contributed by atoms with Crippen LogP contribution in [0.25, 0.3) is 0 Å². The fourth-order valence-electron chi connectivity index (χ4n) is 1.36. The Balaban J connectivity index is 2.14. The minimum Gasteiger partial charge on any atom is -0.410 e. The van der Waals surface area contributed by atoms with Crippen molar-refractivity contribution in [3.05, 3.63) is 59.1 Å². The number of hydrogen-bond donors (Lipinski definition) is 1. The van der Waals surface area contributed by atoms with Gasteiger partial charge in [-0.1, -0.05) is 29.8 Å². The van der Waals surface area contributed by atoms with Gasteiger partial charge in [0.05, 0.1) is 5.02 Å². The third-order valence-electron chi connectivity index (χ3n) is 2.22. The third kappa shape index (κ3) is 3.20. The average molecular weight is 284 g/mol. The molecule has 1 amide bonds. The van der Waals surface area contributed by atoms with Crippen molar-refractivity contribution in [2.45, 2.75) is 0 Å². The Hall–Kier alpha value is -2.14. The van der Waals surface area contributed by atoms with Crippen LogP contribution in [0.3, 0.4) is 0 Å². The van der Waals surface area contributed by atoms with Crippen molar-refractivity contribution < 1.29 is 18.3 Å². The molecule has 3 nitrogen and oxygen atoms in total. The van der Waals surface area contributed by atoms with Crippen molar-refractivity contribution in [2.75, 3.05) is 5.32 Å². The number of nitrogens with one attached hydrogen (secondary N) is 1. The van der Waals surface area contributed by atoms with E-state index in [1.807, 2.05) is 5.32 Å². The number of anilines is 1. The minimum atomic E-state index is -1.05. The van der Waals surface area contributed by atoms with E-state index in [4.69, 9.17) is 16.3 Å². The highest BCUT2D eigenvalue weighted by Crippen LogP contribution is 2.25. The topological polar surface area (TPSA) is 38.3 Å². The van der Waals surface area contributed by atoms with E-state index in [9.17, 15) is 13.6 Å². The minimum absolute atomic E-state index is 0.253. The molecule has 0 radical (unpaired) electrons. The second-order valence-corrected chi connectivity index (χ2v) is 3.95. The van der Waals surface area contributed by atoms with E-state index in [0.717, 1.165) is 12.1 Å². The molecule has 0 bridgehead atoms. The second-order valence-electron chi connectivity index (χ2n) is 3.55. The van der Waals surface area contributed by atoms with Crippen LogP contribution >= 0.6 is 11.6 Å². The van der Waals surface area contributed by atoms with Gasteiger partial charge >= 0.3 is 6.09 Å². The largest absolute Gasteiger partial charge is 0.417 e. The molecule has 0 saturated carbocycles. The summed E-state index contributed by atoms with van der Waals surface area (Å²) in [7, 11) is 0. The molecule has 0 unspecified atom stereocenters. The second kappa shape index (κ2) is 5.67. The van der Waals surface area contributed by atoms with Crippen molar-refractivity contribution in [2.24, 2.45) is 0 Å². The lowest BCUT2D eigenvalue weighted by atomic mass is 10.3. The molecule has 0 aliphatic rings. The van der Waals surface area contributed by atoms with Crippen molar-refractivity contribution in [3.63, 3.8) is 0 Å². The first-order valence-corrected chi connectivity index (χ1v) is 5.63. The number of halogens is 3. The molecule has 0 heterocycles. The van der Waals surface area contributed by atoms with Gasteiger partial charge in [0, 0.05) is 0 Å². The predicted molar refractivity (Wildman–Crippen MR) is 67.5 cm³/mol. The number of amides is 1. The summed E-state index contributed by atoms with van der Waals surface area (Å²) in [5.41, 5.74) is -0.645. The zero-order valence-electron chi connectivity index (χ0n) is 9.49. The van der Waals surface area contributed by atoms with Gasteiger partial charge in [-0.3, -0.25) is 5.32 Å². The molecular formula is C13H8ClF2NO2. The first-order chi connectivity index (χ1) is 9.08. The zero-order valence-corrected chi connectivity index (χ0v) is 10.2. The van der Waals surface area contributed by atoms with Crippen molar-refractivity contribution in [1.29, 1.82) is 0 Å². The molecule has 0 fully saturated rings. The number of rotatable bonds is 2. The quantitative estimate of drug-likeness (QED) is 0.838. The highest BCUT2D eigenvalue weighted by atomic mass is 35.5. The van der Waals surface area contributed by atoms with Gasteiger partial charge in [-0.05, 0) is 24.3 Å². The van der Waals surface area contributed by atoms with Crippen LogP contribution in [-0.2, 0) is 0 Å². The smallest absolute Gasteiger partial charge is 0.410 e. The summed E-state index contributed by atoms with van der Waals surface area (Å²) in [6.07, 6.45) is -1.01. The molecule has 0 atom stereocenters. The fourth-order valence-corrected chi connectivity index (χ4v) is 1.52.